The lowest BCUT2D eigenvalue weighted by Gasteiger charge is -2.19. The largest absolute Gasteiger partial charge is 0.418 e. The highest BCUT2D eigenvalue weighted by atomic mass is 19.4. The highest BCUT2D eigenvalue weighted by Gasteiger charge is 2.33. The molecule has 0 fully saturated rings. The van der Waals surface area contributed by atoms with Crippen LogP contribution in [0.25, 0.3) is 16.9 Å². The van der Waals surface area contributed by atoms with Gasteiger partial charge in [0.2, 0.25) is 0 Å². The van der Waals surface area contributed by atoms with Crippen molar-refractivity contribution in [3.05, 3.63) is 95.9 Å². The highest BCUT2D eigenvalue weighted by Crippen LogP contribution is 2.34. The van der Waals surface area contributed by atoms with Gasteiger partial charge in [0, 0.05) is 37.5 Å². The van der Waals surface area contributed by atoms with Gasteiger partial charge in [-0.2, -0.15) is 23.4 Å². The zero-order valence-electron chi connectivity index (χ0n) is 19.0. The van der Waals surface area contributed by atoms with E-state index < -0.39 is 17.6 Å². The molecular weight excluding hydrogens is 471 g/mol. The normalized spacial score (nSPS) is 11.6. The predicted octanol–water partition coefficient (Wildman–Crippen LogP) is 5.03. The van der Waals surface area contributed by atoms with Crippen LogP contribution in [0.2, 0.25) is 0 Å². The van der Waals surface area contributed by atoms with E-state index in [1.807, 2.05) is 48.3 Å². The summed E-state index contributed by atoms with van der Waals surface area (Å²) in [6.07, 6.45) is -1.33. The fraction of sp³-hybridized carbons (Fsp3) is 0.120. The lowest BCUT2D eigenvalue weighted by atomic mass is 10.1. The number of halogens is 3. The SMILES string of the molecule is CN(Cc1ccccc1)c1cc(-c2cn[nH]c2)n2nc(C(=O)Nc3ccccc3C(F)(F)F)cc2n1. The summed E-state index contributed by atoms with van der Waals surface area (Å²) in [4.78, 5) is 19.5. The minimum absolute atomic E-state index is 0.0768. The van der Waals surface area contributed by atoms with Crippen molar-refractivity contribution in [1.82, 2.24) is 24.8 Å². The van der Waals surface area contributed by atoms with E-state index in [0.717, 1.165) is 11.6 Å². The van der Waals surface area contributed by atoms with Crippen LogP contribution in [0.5, 0.6) is 0 Å². The molecule has 0 saturated carbocycles. The summed E-state index contributed by atoms with van der Waals surface area (Å²) in [5.41, 5.74) is 1.39. The molecule has 0 bridgehead atoms. The molecule has 3 aromatic heterocycles. The summed E-state index contributed by atoms with van der Waals surface area (Å²) < 4.78 is 41.5. The van der Waals surface area contributed by atoms with Gasteiger partial charge in [-0.1, -0.05) is 42.5 Å². The van der Waals surface area contributed by atoms with Gasteiger partial charge >= 0.3 is 6.18 Å². The van der Waals surface area contributed by atoms with Crippen LogP contribution in [-0.4, -0.2) is 37.8 Å². The van der Waals surface area contributed by atoms with E-state index in [-0.39, 0.29) is 11.4 Å². The zero-order chi connectivity index (χ0) is 25.3. The van der Waals surface area contributed by atoms with Gasteiger partial charge in [-0.05, 0) is 17.7 Å². The molecule has 0 aliphatic rings. The second-order valence-corrected chi connectivity index (χ2v) is 8.13. The van der Waals surface area contributed by atoms with E-state index in [1.54, 1.807) is 12.4 Å². The van der Waals surface area contributed by atoms with Gasteiger partial charge in [0.05, 0.1) is 23.1 Å². The van der Waals surface area contributed by atoms with E-state index in [0.29, 0.717) is 29.3 Å². The standard InChI is InChI=1S/C25H20F3N7O/c1-34(15-16-7-3-2-4-8-16)22-12-21(17-13-29-30-14-17)35-23(32-22)11-20(33-35)24(36)31-19-10-6-5-9-18(19)25(26,27)28/h2-14H,15H2,1H3,(H,29,30)(H,31,36). The Bertz CT molecular complexity index is 1510. The number of anilines is 2. The second kappa shape index (κ2) is 9.17. The third-order valence-electron chi connectivity index (χ3n) is 5.57. The number of alkyl halides is 3. The van der Waals surface area contributed by atoms with Crippen molar-refractivity contribution in [3.8, 4) is 11.3 Å². The third-order valence-corrected chi connectivity index (χ3v) is 5.57. The summed E-state index contributed by atoms with van der Waals surface area (Å²) in [6.45, 7) is 0.588. The van der Waals surface area contributed by atoms with Gasteiger partial charge in [0.25, 0.3) is 5.91 Å². The first-order valence-electron chi connectivity index (χ1n) is 10.9. The third kappa shape index (κ3) is 4.63. The van der Waals surface area contributed by atoms with Crippen molar-refractivity contribution >= 4 is 23.1 Å². The number of hydrogen-bond donors (Lipinski definition) is 2. The molecule has 2 N–H and O–H groups in total. The van der Waals surface area contributed by atoms with Crippen LogP contribution < -0.4 is 10.2 Å². The number of carbonyl (C=O) groups is 1. The molecule has 5 rings (SSSR count). The molecule has 11 heteroatoms. The molecule has 0 saturated heterocycles. The van der Waals surface area contributed by atoms with Crippen molar-refractivity contribution in [1.29, 1.82) is 0 Å². The Morgan fingerprint density at radius 2 is 1.83 bits per heavy atom. The summed E-state index contributed by atoms with van der Waals surface area (Å²) in [6, 6.07) is 17.9. The molecule has 36 heavy (non-hydrogen) atoms. The summed E-state index contributed by atoms with van der Waals surface area (Å²) in [7, 11) is 1.89. The van der Waals surface area contributed by atoms with Gasteiger partial charge in [-0.25, -0.2) is 9.50 Å². The number of rotatable bonds is 6. The van der Waals surface area contributed by atoms with Gasteiger partial charge in [-0.15, -0.1) is 0 Å². The van der Waals surface area contributed by atoms with Crippen molar-refractivity contribution in [2.24, 2.45) is 0 Å². The van der Waals surface area contributed by atoms with Gasteiger partial charge in [-0.3, -0.25) is 9.89 Å². The quantitative estimate of drug-likeness (QED) is 0.348. The molecule has 0 spiro atoms. The van der Waals surface area contributed by atoms with Crippen LogP contribution >= 0.6 is 0 Å². The van der Waals surface area contributed by atoms with Crippen molar-refractivity contribution in [3.63, 3.8) is 0 Å². The van der Waals surface area contributed by atoms with E-state index in [4.69, 9.17) is 0 Å². The Morgan fingerprint density at radius 1 is 1.08 bits per heavy atom. The Balaban J connectivity index is 1.52. The minimum atomic E-state index is -4.61. The average molecular weight is 491 g/mol. The van der Waals surface area contributed by atoms with Crippen LogP contribution in [-0.2, 0) is 12.7 Å². The topological polar surface area (TPSA) is 91.2 Å². The predicted molar refractivity (Wildman–Crippen MR) is 129 cm³/mol. The fourth-order valence-corrected chi connectivity index (χ4v) is 3.83. The number of para-hydroxylation sites is 1. The lowest BCUT2D eigenvalue weighted by Crippen LogP contribution is -2.18. The number of aromatic nitrogens is 5. The van der Waals surface area contributed by atoms with Crippen LogP contribution in [0, 0.1) is 0 Å². The number of hydrogen-bond acceptors (Lipinski definition) is 5. The molecule has 8 nitrogen and oxygen atoms in total. The molecule has 0 radical (unpaired) electrons. The number of aromatic amines is 1. The first kappa shape index (κ1) is 23.1. The number of H-pyrrole nitrogens is 1. The number of benzene rings is 2. The maximum atomic E-state index is 13.4. The summed E-state index contributed by atoms with van der Waals surface area (Å²) >= 11 is 0. The number of carbonyl (C=O) groups excluding carboxylic acids is 1. The number of nitrogens with zero attached hydrogens (tertiary/aromatic N) is 5. The first-order chi connectivity index (χ1) is 17.3. The van der Waals surface area contributed by atoms with Crippen LogP contribution in [0.4, 0.5) is 24.7 Å². The average Bonchev–Trinajstić information content (AvgIpc) is 3.54. The second-order valence-electron chi connectivity index (χ2n) is 8.13. The van der Waals surface area contributed by atoms with Crippen LogP contribution in [0.1, 0.15) is 21.6 Å². The number of fused-ring (bicyclic) bond motifs is 1. The molecule has 0 aliphatic carbocycles. The Labute approximate surface area is 203 Å². The number of amides is 1. The van der Waals surface area contributed by atoms with Gasteiger partial charge in [0.15, 0.2) is 11.3 Å². The van der Waals surface area contributed by atoms with Crippen molar-refractivity contribution in [2.75, 3.05) is 17.3 Å². The van der Waals surface area contributed by atoms with E-state index in [9.17, 15) is 18.0 Å². The molecule has 0 unspecified atom stereocenters. The minimum Gasteiger partial charge on any atom is -0.355 e. The zero-order valence-corrected chi connectivity index (χ0v) is 19.0. The van der Waals surface area contributed by atoms with Crippen LogP contribution in [0.3, 0.4) is 0 Å². The van der Waals surface area contributed by atoms with E-state index in [2.05, 4.69) is 25.6 Å². The van der Waals surface area contributed by atoms with E-state index >= 15 is 0 Å². The summed E-state index contributed by atoms with van der Waals surface area (Å²) in [5.74, 6) is -0.161. The van der Waals surface area contributed by atoms with Gasteiger partial charge in [0.1, 0.15) is 5.82 Å². The van der Waals surface area contributed by atoms with E-state index in [1.165, 1.54) is 28.8 Å². The van der Waals surface area contributed by atoms with Crippen molar-refractivity contribution in [2.45, 2.75) is 12.7 Å². The molecule has 0 aliphatic heterocycles. The monoisotopic (exact) mass is 491 g/mol. The first-order valence-corrected chi connectivity index (χ1v) is 10.9. The molecule has 5 aromatic rings. The molecule has 1 amide bonds. The molecule has 182 valence electrons. The fourth-order valence-electron chi connectivity index (χ4n) is 3.83. The van der Waals surface area contributed by atoms with Crippen molar-refractivity contribution < 1.29 is 18.0 Å². The lowest BCUT2D eigenvalue weighted by molar-refractivity contribution is -0.136. The summed E-state index contributed by atoms with van der Waals surface area (Å²) in [5, 5.41) is 13.4. The Kier molecular flexibility index (Phi) is 5.88. The Hall–Kier alpha value is -4.67. The smallest absolute Gasteiger partial charge is 0.355 e. The maximum Gasteiger partial charge on any atom is 0.418 e. The Morgan fingerprint density at radius 3 is 2.56 bits per heavy atom. The van der Waals surface area contributed by atoms with Crippen LogP contribution in [0.15, 0.2) is 79.1 Å². The molecule has 3 heterocycles. The number of nitrogens with one attached hydrogen (secondary N) is 2. The highest BCUT2D eigenvalue weighted by molar-refractivity contribution is 6.04. The van der Waals surface area contributed by atoms with Gasteiger partial charge < -0.3 is 10.2 Å². The molecule has 0 atom stereocenters. The maximum absolute atomic E-state index is 13.4. The molecular formula is C25H20F3N7O. The molecule has 2 aromatic carbocycles.